The minimum atomic E-state index is -0.324. The summed E-state index contributed by atoms with van der Waals surface area (Å²) in [7, 11) is 2.96. The number of hydrogen-bond acceptors (Lipinski definition) is 4. The van der Waals surface area contributed by atoms with E-state index in [0.717, 1.165) is 10.9 Å². The first-order chi connectivity index (χ1) is 10.1. The lowest BCUT2D eigenvalue weighted by Crippen LogP contribution is -2.34. The third-order valence-corrected chi connectivity index (χ3v) is 3.50. The quantitative estimate of drug-likeness (QED) is 0.529. The van der Waals surface area contributed by atoms with Crippen LogP contribution >= 0.6 is 15.9 Å². The summed E-state index contributed by atoms with van der Waals surface area (Å²) in [5.41, 5.74) is 0.598. The molecule has 21 heavy (non-hydrogen) atoms. The zero-order valence-electron chi connectivity index (χ0n) is 12.3. The third-order valence-electron chi connectivity index (χ3n) is 2.97. The lowest BCUT2D eigenvalue weighted by atomic mass is 10.2. The highest BCUT2D eigenvalue weighted by Gasteiger charge is 2.16. The lowest BCUT2D eigenvalue weighted by Gasteiger charge is -2.22. The summed E-state index contributed by atoms with van der Waals surface area (Å²) in [6.45, 7) is 1.45. The van der Waals surface area contributed by atoms with Crippen molar-refractivity contribution >= 4 is 27.8 Å². The number of halogens is 1. The summed E-state index contributed by atoms with van der Waals surface area (Å²) in [6.07, 6.45) is 0.908. The van der Waals surface area contributed by atoms with Gasteiger partial charge in [-0.3, -0.25) is 9.59 Å². The maximum atomic E-state index is 12.5. The van der Waals surface area contributed by atoms with Gasteiger partial charge in [-0.2, -0.15) is 0 Å². The predicted molar refractivity (Wildman–Crippen MR) is 83.2 cm³/mol. The molecule has 0 saturated heterocycles. The summed E-state index contributed by atoms with van der Waals surface area (Å²) in [5, 5.41) is 0. The summed E-state index contributed by atoms with van der Waals surface area (Å²) in [6, 6.07) is 7.16. The molecule has 0 unspecified atom stereocenters. The second-order valence-electron chi connectivity index (χ2n) is 4.47. The fourth-order valence-corrected chi connectivity index (χ4v) is 2.08. The van der Waals surface area contributed by atoms with Crippen LogP contribution in [0.15, 0.2) is 28.7 Å². The van der Waals surface area contributed by atoms with Crippen LogP contribution in [0.5, 0.6) is 0 Å². The minimum absolute atomic E-state index is 0.0949. The topological polar surface area (TPSA) is 55.8 Å². The summed E-state index contributed by atoms with van der Waals surface area (Å²) >= 11 is 3.34. The van der Waals surface area contributed by atoms with E-state index in [1.807, 2.05) is 12.1 Å². The number of esters is 1. The minimum Gasteiger partial charge on any atom is -0.469 e. The zero-order chi connectivity index (χ0) is 15.7. The van der Waals surface area contributed by atoms with Crippen molar-refractivity contribution in [2.24, 2.45) is 0 Å². The van der Waals surface area contributed by atoms with Gasteiger partial charge in [-0.15, -0.1) is 0 Å². The molecule has 0 saturated carbocycles. The second kappa shape index (κ2) is 9.52. The van der Waals surface area contributed by atoms with Crippen molar-refractivity contribution < 1.29 is 19.1 Å². The number of methoxy groups -OCH3 is 2. The number of carbonyl (C=O) groups excluding carboxylic acids is 2. The smallest absolute Gasteiger partial charge is 0.307 e. The van der Waals surface area contributed by atoms with Gasteiger partial charge in [0.2, 0.25) is 0 Å². The summed E-state index contributed by atoms with van der Waals surface area (Å²) in [5.74, 6) is -0.419. The summed E-state index contributed by atoms with van der Waals surface area (Å²) in [4.78, 5) is 25.4. The third kappa shape index (κ3) is 6.27. The molecule has 0 spiro atoms. The van der Waals surface area contributed by atoms with E-state index in [1.54, 1.807) is 24.1 Å². The lowest BCUT2D eigenvalue weighted by molar-refractivity contribution is -0.140. The number of nitrogens with zero attached hydrogens (tertiary/aromatic N) is 1. The van der Waals surface area contributed by atoms with E-state index in [1.165, 1.54) is 7.11 Å². The molecule has 0 aliphatic carbocycles. The van der Waals surface area contributed by atoms with Crippen LogP contribution in [0.3, 0.4) is 0 Å². The zero-order valence-corrected chi connectivity index (χ0v) is 13.9. The van der Waals surface area contributed by atoms with Crippen molar-refractivity contribution in [1.82, 2.24) is 4.90 Å². The Morgan fingerprint density at radius 3 is 2.38 bits per heavy atom. The van der Waals surface area contributed by atoms with Crippen LogP contribution < -0.4 is 0 Å². The van der Waals surface area contributed by atoms with E-state index in [-0.39, 0.29) is 18.3 Å². The van der Waals surface area contributed by atoms with Gasteiger partial charge in [0.1, 0.15) is 0 Å². The molecule has 1 aromatic carbocycles. The molecule has 0 N–H and O–H groups in total. The molecule has 6 heteroatoms. The van der Waals surface area contributed by atoms with Gasteiger partial charge in [0, 0.05) is 36.8 Å². The average Bonchev–Trinajstić information content (AvgIpc) is 2.50. The van der Waals surface area contributed by atoms with Crippen molar-refractivity contribution in [3.8, 4) is 0 Å². The normalized spacial score (nSPS) is 10.2. The van der Waals surface area contributed by atoms with Gasteiger partial charge in [0.15, 0.2) is 0 Å². The molecule has 1 aromatic rings. The fourth-order valence-electron chi connectivity index (χ4n) is 1.82. The Labute approximate surface area is 133 Å². The molecule has 0 aliphatic heterocycles. The number of benzene rings is 1. The van der Waals surface area contributed by atoms with Gasteiger partial charge < -0.3 is 14.4 Å². The molecule has 116 valence electrons. The van der Waals surface area contributed by atoms with Crippen LogP contribution in [-0.4, -0.2) is 50.7 Å². The number of carbonyl (C=O) groups is 2. The van der Waals surface area contributed by atoms with Crippen molar-refractivity contribution in [3.63, 3.8) is 0 Å². The molecular formula is C15H20BrNO4. The van der Waals surface area contributed by atoms with E-state index in [0.29, 0.717) is 25.3 Å². The number of rotatable bonds is 8. The van der Waals surface area contributed by atoms with Crippen molar-refractivity contribution in [2.75, 3.05) is 33.9 Å². The largest absolute Gasteiger partial charge is 0.469 e. The Bertz CT molecular complexity index is 461. The van der Waals surface area contributed by atoms with E-state index in [9.17, 15) is 9.59 Å². The van der Waals surface area contributed by atoms with Gasteiger partial charge in [0.25, 0.3) is 5.91 Å². The Hall–Kier alpha value is -1.40. The number of ether oxygens (including phenoxy) is 2. The highest BCUT2D eigenvalue weighted by atomic mass is 79.9. The maximum absolute atomic E-state index is 12.5. The predicted octanol–water partition coefficient (Wildman–Crippen LogP) is 2.49. The Kier molecular flexibility index (Phi) is 8.00. The van der Waals surface area contributed by atoms with E-state index in [4.69, 9.17) is 4.74 Å². The van der Waals surface area contributed by atoms with Gasteiger partial charge >= 0.3 is 5.97 Å². The SMILES string of the molecule is COCCCN(CCC(=O)OC)C(=O)c1ccc(Br)cc1. The van der Waals surface area contributed by atoms with E-state index < -0.39 is 0 Å². The maximum Gasteiger partial charge on any atom is 0.307 e. The van der Waals surface area contributed by atoms with Crippen LogP contribution in [0, 0.1) is 0 Å². The van der Waals surface area contributed by atoms with Crippen LogP contribution in [0.1, 0.15) is 23.2 Å². The van der Waals surface area contributed by atoms with Crippen molar-refractivity contribution in [1.29, 1.82) is 0 Å². The monoisotopic (exact) mass is 357 g/mol. The van der Waals surface area contributed by atoms with Crippen molar-refractivity contribution in [2.45, 2.75) is 12.8 Å². The fraction of sp³-hybridized carbons (Fsp3) is 0.467. The summed E-state index contributed by atoms with van der Waals surface area (Å²) < 4.78 is 10.5. The van der Waals surface area contributed by atoms with Crippen LogP contribution in [0.2, 0.25) is 0 Å². The van der Waals surface area contributed by atoms with Crippen LogP contribution in [-0.2, 0) is 14.3 Å². The molecular weight excluding hydrogens is 338 g/mol. The molecule has 0 aromatic heterocycles. The van der Waals surface area contributed by atoms with Gasteiger partial charge in [-0.25, -0.2) is 0 Å². The first kappa shape index (κ1) is 17.7. The number of amides is 1. The molecule has 1 amide bonds. The highest BCUT2D eigenvalue weighted by Crippen LogP contribution is 2.13. The highest BCUT2D eigenvalue weighted by molar-refractivity contribution is 9.10. The van der Waals surface area contributed by atoms with E-state index in [2.05, 4.69) is 20.7 Å². The second-order valence-corrected chi connectivity index (χ2v) is 5.39. The Morgan fingerprint density at radius 2 is 1.81 bits per heavy atom. The molecule has 0 bridgehead atoms. The van der Waals surface area contributed by atoms with E-state index >= 15 is 0 Å². The molecule has 5 nitrogen and oxygen atoms in total. The Balaban J connectivity index is 2.70. The Morgan fingerprint density at radius 1 is 1.14 bits per heavy atom. The van der Waals surface area contributed by atoms with Gasteiger partial charge in [0.05, 0.1) is 13.5 Å². The van der Waals surface area contributed by atoms with Crippen LogP contribution in [0.25, 0.3) is 0 Å². The first-order valence-electron chi connectivity index (χ1n) is 6.69. The molecule has 0 fully saturated rings. The molecule has 0 heterocycles. The van der Waals surface area contributed by atoms with Gasteiger partial charge in [-0.05, 0) is 30.7 Å². The average molecular weight is 358 g/mol. The first-order valence-corrected chi connectivity index (χ1v) is 7.48. The van der Waals surface area contributed by atoms with Crippen LogP contribution in [0.4, 0.5) is 0 Å². The molecule has 0 atom stereocenters. The number of hydrogen-bond donors (Lipinski definition) is 0. The molecule has 0 aliphatic rings. The van der Waals surface area contributed by atoms with Crippen molar-refractivity contribution in [3.05, 3.63) is 34.3 Å². The molecule has 0 radical (unpaired) electrons. The van der Waals surface area contributed by atoms with Gasteiger partial charge in [-0.1, -0.05) is 15.9 Å². The standard InChI is InChI=1S/C15H20BrNO4/c1-20-11-3-9-17(10-8-14(18)21-2)15(19)12-4-6-13(16)7-5-12/h4-7H,3,8-11H2,1-2H3. The molecule has 1 rings (SSSR count).